The van der Waals surface area contributed by atoms with Gasteiger partial charge in [-0.2, -0.15) is 21.8 Å². The van der Waals surface area contributed by atoms with Gasteiger partial charge in [-0.05, 0) is 12.0 Å². The van der Waals surface area contributed by atoms with Crippen molar-refractivity contribution in [1.82, 2.24) is 24.5 Å². The van der Waals surface area contributed by atoms with Gasteiger partial charge >= 0.3 is 0 Å². The first kappa shape index (κ1) is 13.4. The van der Waals surface area contributed by atoms with E-state index in [2.05, 4.69) is 28.9 Å². The Morgan fingerprint density at radius 1 is 1.35 bits per heavy atom. The second kappa shape index (κ2) is 5.40. The number of rotatable bonds is 2. The van der Waals surface area contributed by atoms with Gasteiger partial charge < -0.3 is 4.90 Å². The molecule has 0 bridgehead atoms. The number of thioether (sulfide) groups is 1. The van der Waals surface area contributed by atoms with E-state index in [0.717, 1.165) is 30.3 Å². The maximum absolute atomic E-state index is 12.5. The highest BCUT2D eigenvalue weighted by molar-refractivity contribution is 7.99. The van der Waals surface area contributed by atoms with Gasteiger partial charge in [0.2, 0.25) is 0 Å². The molecule has 1 amide bonds. The number of fused-ring (bicyclic) bond motifs is 1. The first-order chi connectivity index (χ1) is 9.66. The lowest BCUT2D eigenvalue weighted by molar-refractivity contribution is 0.0766. The molecule has 3 heterocycles. The number of amides is 1. The Kier molecular flexibility index (Phi) is 3.60. The zero-order valence-corrected chi connectivity index (χ0v) is 12.4. The number of carbonyl (C=O) groups excluding carboxylic acids is 1. The molecule has 2 aromatic heterocycles. The maximum atomic E-state index is 12.5. The van der Waals surface area contributed by atoms with Crippen molar-refractivity contribution >= 4 is 23.4 Å². The number of hydrogen-bond acceptors (Lipinski definition) is 5. The van der Waals surface area contributed by atoms with Crippen LogP contribution in [0.2, 0.25) is 0 Å². The van der Waals surface area contributed by atoms with Gasteiger partial charge in [-0.3, -0.25) is 4.79 Å². The van der Waals surface area contributed by atoms with Crippen LogP contribution in [-0.2, 0) is 0 Å². The minimum Gasteiger partial charge on any atom is -0.336 e. The van der Waals surface area contributed by atoms with E-state index in [1.165, 1.54) is 6.33 Å². The Hall–Kier alpha value is -1.63. The van der Waals surface area contributed by atoms with Crippen LogP contribution in [0, 0.1) is 0 Å². The van der Waals surface area contributed by atoms with Crippen LogP contribution in [0.1, 0.15) is 35.9 Å². The summed E-state index contributed by atoms with van der Waals surface area (Å²) in [5, 5.41) is 4.17. The van der Waals surface area contributed by atoms with Gasteiger partial charge in [-0.1, -0.05) is 13.8 Å². The van der Waals surface area contributed by atoms with E-state index in [4.69, 9.17) is 0 Å². The van der Waals surface area contributed by atoms with E-state index >= 15 is 0 Å². The molecule has 7 heteroatoms. The van der Waals surface area contributed by atoms with E-state index in [1.807, 2.05) is 22.7 Å². The molecule has 1 saturated heterocycles. The Labute approximate surface area is 121 Å². The summed E-state index contributed by atoms with van der Waals surface area (Å²) >= 11 is 1.88. The van der Waals surface area contributed by atoms with Crippen LogP contribution in [0.25, 0.3) is 5.78 Å². The van der Waals surface area contributed by atoms with Gasteiger partial charge in [-0.25, -0.2) is 9.50 Å². The molecule has 0 aromatic carbocycles. The van der Waals surface area contributed by atoms with E-state index in [-0.39, 0.29) is 11.8 Å². The fourth-order valence-corrected chi connectivity index (χ4v) is 3.19. The van der Waals surface area contributed by atoms with Gasteiger partial charge in [-0.15, -0.1) is 0 Å². The summed E-state index contributed by atoms with van der Waals surface area (Å²) < 4.78 is 1.70. The predicted octanol–water partition coefficient (Wildman–Crippen LogP) is 1.44. The summed E-state index contributed by atoms with van der Waals surface area (Å²) in [6.07, 6.45) is 1.47. The first-order valence-electron chi connectivity index (χ1n) is 6.74. The molecule has 0 radical (unpaired) electrons. The summed E-state index contributed by atoms with van der Waals surface area (Å²) in [7, 11) is 0. The van der Waals surface area contributed by atoms with E-state index in [9.17, 15) is 4.79 Å². The molecule has 0 spiro atoms. The molecule has 0 N–H and O–H groups in total. The Balaban J connectivity index is 2.00. The van der Waals surface area contributed by atoms with Gasteiger partial charge in [0, 0.05) is 24.6 Å². The normalized spacial score (nSPS) is 16.1. The minimum absolute atomic E-state index is 0.00213. The molecular formula is C13H17N5OS. The van der Waals surface area contributed by atoms with Crippen molar-refractivity contribution in [3.05, 3.63) is 23.8 Å². The van der Waals surface area contributed by atoms with Crippen LogP contribution >= 0.6 is 11.8 Å². The molecule has 0 atom stereocenters. The molecule has 3 rings (SSSR count). The summed E-state index contributed by atoms with van der Waals surface area (Å²) in [6, 6.07) is 1.84. The molecule has 0 saturated carbocycles. The van der Waals surface area contributed by atoms with Crippen molar-refractivity contribution in [1.29, 1.82) is 0 Å². The van der Waals surface area contributed by atoms with E-state index < -0.39 is 0 Å². The molecule has 20 heavy (non-hydrogen) atoms. The van der Waals surface area contributed by atoms with Crippen molar-refractivity contribution < 1.29 is 4.79 Å². The van der Waals surface area contributed by atoms with Gasteiger partial charge in [0.1, 0.15) is 12.0 Å². The van der Waals surface area contributed by atoms with Crippen molar-refractivity contribution in [2.45, 2.75) is 19.8 Å². The lowest BCUT2D eigenvalue weighted by atomic mass is 10.1. The average molecular weight is 291 g/mol. The highest BCUT2D eigenvalue weighted by Gasteiger charge is 2.22. The number of carbonyl (C=O) groups is 1. The maximum Gasteiger partial charge on any atom is 0.272 e. The van der Waals surface area contributed by atoms with Crippen molar-refractivity contribution in [2.75, 3.05) is 24.6 Å². The summed E-state index contributed by atoms with van der Waals surface area (Å²) in [5.41, 5.74) is 1.43. The van der Waals surface area contributed by atoms with Crippen molar-refractivity contribution in [3.63, 3.8) is 0 Å². The monoisotopic (exact) mass is 291 g/mol. The smallest absolute Gasteiger partial charge is 0.272 e. The third-order valence-electron chi connectivity index (χ3n) is 3.39. The molecule has 1 fully saturated rings. The highest BCUT2D eigenvalue weighted by Crippen LogP contribution is 2.18. The molecule has 6 nitrogen and oxygen atoms in total. The van der Waals surface area contributed by atoms with Crippen LogP contribution in [0.15, 0.2) is 12.4 Å². The van der Waals surface area contributed by atoms with Crippen molar-refractivity contribution in [3.8, 4) is 0 Å². The van der Waals surface area contributed by atoms with Crippen LogP contribution in [0.4, 0.5) is 0 Å². The van der Waals surface area contributed by atoms with E-state index in [0.29, 0.717) is 11.5 Å². The molecule has 1 aliphatic rings. The van der Waals surface area contributed by atoms with Gasteiger partial charge in [0.05, 0.1) is 5.69 Å². The summed E-state index contributed by atoms with van der Waals surface area (Å²) in [5.74, 6) is 2.74. The second-order valence-electron chi connectivity index (χ2n) is 5.10. The zero-order chi connectivity index (χ0) is 14.1. The van der Waals surface area contributed by atoms with Crippen LogP contribution in [0.5, 0.6) is 0 Å². The summed E-state index contributed by atoms with van der Waals surface area (Å²) in [4.78, 5) is 22.9. The Bertz CT molecular complexity index is 633. The predicted molar refractivity (Wildman–Crippen MR) is 78.1 cm³/mol. The molecule has 2 aromatic rings. The van der Waals surface area contributed by atoms with Crippen molar-refractivity contribution in [2.24, 2.45) is 0 Å². The third kappa shape index (κ3) is 2.37. The zero-order valence-electron chi connectivity index (χ0n) is 11.6. The van der Waals surface area contributed by atoms with Crippen LogP contribution in [0.3, 0.4) is 0 Å². The van der Waals surface area contributed by atoms with Crippen LogP contribution < -0.4 is 0 Å². The minimum atomic E-state index is -0.00213. The topological polar surface area (TPSA) is 63.4 Å². The lowest BCUT2D eigenvalue weighted by Crippen LogP contribution is -2.38. The Morgan fingerprint density at radius 3 is 2.80 bits per heavy atom. The SMILES string of the molecule is CC(C)c1cc(C(=O)N2CCSCC2)nc2ncnn12. The fraction of sp³-hybridized carbons (Fsp3) is 0.538. The highest BCUT2D eigenvalue weighted by atomic mass is 32.2. The van der Waals surface area contributed by atoms with E-state index in [1.54, 1.807) is 4.52 Å². The summed E-state index contributed by atoms with van der Waals surface area (Å²) in [6.45, 7) is 5.73. The van der Waals surface area contributed by atoms with Gasteiger partial charge in [0.15, 0.2) is 0 Å². The lowest BCUT2D eigenvalue weighted by Gasteiger charge is -2.26. The molecule has 0 aliphatic carbocycles. The number of hydrogen-bond donors (Lipinski definition) is 0. The fourth-order valence-electron chi connectivity index (χ4n) is 2.28. The largest absolute Gasteiger partial charge is 0.336 e. The molecule has 0 unspecified atom stereocenters. The molecule has 1 aliphatic heterocycles. The van der Waals surface area contributed by atoms with Crippen LogP contribution in [-0.4, -0.2) is 55.0 Å². The average Bonchev–Trinajstić information content (AvgIpc) is 2.94. The van der Waals surface area contributed by atoms with Gasteiger partial charge in [0.25, 0.3) is 11.7 Å². The quantitative estimate of drug-likeness (QED) is 0.837. The standard InChI is InChI=1S/C13H17N5OS/c1-9(2)11-7-10(16-13-14-8-15-18(11)13)12(19)17-3-5-20-6-4-17/h7-9H,3-6H2,1-2H3. The first-order valence-corrected chi connectivity index (χ1v) is 7.90. The number of nitrogens with zero attached hydrogens (tertiary/aromatic N) is 5. The Morgan fingerprint density at radius 2 is 2.10 bits per heavy atom. The number of aromatic nitrogens is 4. The molecule has 106 valence electrons. The molecular weight excluding hydrogens is 274 g/mol. The second-order valence-corrected chi connectivity index (χ2v) is 6.32. The third-order valence-corrected chi connectivity index (χ3v) is 4.33.